The van der Waals surface area contributed by atoms with Gasteiger partial charge < -0.3 is 15.1 Å². The van der Waals surface area contributed by atoms with Crippen LogP contribution in [0.5, 0.6) is 0 Å². The Labute approximate surface area is 121 Å². The maximum atomic E-state index is 11.2. The van der Waals surface area contributed by atoms with Gasteiger partial charge in [0.2, 0.25) is 11.8 Å². The average Bonchev–Trinajstić information content (AvgIpc) is 2.91. The van der Waals surface area contributed by atoms with Gasteiger partial charge >= 0.3 is 5.69 Å². The molecule has 0 amide bonds. The highest BCUT2D eigenvalue weighted by atomic mass is 16.6. The molecule has 112 valence electrons. The predicted molar refractivity (Wildman–Crippen MR) is 78.5 cm³/mol. The number of aromatic nitrogens is 2. The fourth-order valence-electron chi connectivity index (χ4n) is 1.90. The Kier molecular flexibility index (Phi) is 4.70. The SMILES string of the molecule is CCNc1nc(C)c([N+](=O)[O-])c(NCCc2ccco2)n1. The van der Waals surface area contributed by atoms with Gasteiger partial charge in [0.1, 0.15) is 11.5 Å². The first-order chi connectivity index (χ1) is 10.1. The van der Waals surface area contributed by atoms with Crippen LogP contribution < -0.4 is 10.6 Å². The van der Waals surface area contributed by atoms with Gasteiger partial charge in [0, 0.05) is 19.5 Å². The van der Waals surface area contributed by atoms with Gasteiger partial charge in [-0.15, -0.1) is 0 Å². The number of nitro groups is 1. The van der Waals surface area contributed by atoms with Crippen LogP contribution in [0.2, 0.25) is 0 Å². The summed E-state index contributed by atoms with van der Waals surface area (Å²) >= 11 is 0. The summed E-state index contributed by atoms with van der Waals surface area (Å²) in [5, 5.41) is 17.1. The van der Waals surface area contributed by atoms with E-state index in [1.165, 1.54) is 0 Å². The van der Waals surface area contributed by atoms with Crippen LogP contribution in [0.1, 0.15) is 18.4 Å². The van der Waals surface area contributed by atoms with Crippen molar-refractivity contribution in [2.24, 2.45) is 0 Å². The van der Waals surface area contributed by atoms with Gasteiger partial charge in [-0.05, 0) is 26.0 Å². The number of nitrogens with one attached hydrogen (secondary N) is 2. The summed E-state index contributed by atoms with van der Waals surface area (Å²) in [5.41, 5.74) is 0.225. The number of hydrogen-bond donors (Lipinski definition) is 2. The molecule has 2 aromatic rings. The second-order valence-electron chi connectivity index (χ2n) is 4.37. The van der Waals surface area contributed by atoms with Crippen molar-refractivity contribution in [1.29, 1.82) is 0 Å². The molecule has 8 nitrogen and oxygen atoms in total. The molecule has 0 aliphatic rings. The molecular formula is C13H17N5O3. The Bertz CT molecular complexity index is 613. The predicted octanol–water partition coefficient (Wildman–Crippen LogP) is 2.37. The lowest BCUT2D eigenvalue weighted by Gasteiger charge is -2.09. The van der Waals surface area contributed by atoms with Crippen molar-refractivity contribution in [3.63, 3.8) is 0 Å². The Balaban J connectivity index is 2.16. The molecule has 2 rings (SSSR count). The third-order valence-corrected chi connectivity index (χ3v) is 2.82. The number of rotatable bonds is 7. The molecule has 2 heterocycles. The van der Waals surface area contributed by atoms with Crippen LogP contribution in [0.15, 0.2) is 22.8 Å². The highest BCUT2D eigenvalue weighted by molar-refractivity contribution is 5.60. The van der Waals surface area contributed by atoms with Gasteiger partial charge in [-0.3, -0.25) is 10.1 Å². The molecule has 0 aliphatic carbocycles. The van der Waals surface area contributed by atoms with Gasteiger partial charge in [0.15, 0.2) is 0 Å². The van der Waals surface area contributed by atoms with Gasteiger partial charge in [-0.1, -0.05) is 0 Å². The molecule has 2 N–H and O–H groups in total. The lowest BCUT2D eigenvalue weighted by molar-refractivity contribution is -0.385. The first kappa shape index (κ1) is 14.8. The third kappa shape index (κ3) is 3.68. The highest BCUT2D eigenvalue weighted by Gasteiger charge is 2.21. The molecule has 2 aromatic heterocycles. The van der Waals surface area contributed by atoms with Crippen LogP contribution in [0.4, 0.5) is 17.5 Å². The average molecular weight is 291 g/mol. The molecule has 0 bridgehead atoms. The van der Waals surface area contributed by atoms with Crippen molar-refractivity contribution in [2.45, 2.75) is 20.3 Å². The van der Waals surface area contributed by atoms with E-state index in [1.807, 2.05) is 13.0 Å². The Morgan fingerprint density at radius 1 is 1.38 bits per heavy atom. The van der Waals surface area contributed by atoms with E-state index in [9.17, 15) is 10.1 Å². The van der Waals surface area contributed by atoms with E-state index in [0.717, 1.165) is 5.76 Å². The van der Waals surface area contributed by atoms with Crippen molar-refractivity contribution in [3.8, 4) is 0 Å². The molecule has 0 unspecified atom stereocenters. The lowest BCUT2D eigenvalue weighted by Crippen LogP contribution is -2.12. The molecule has 0 radical (unpaired) electrons. The second kappa shape index (κ2) is 6.69. The molecule has 0 saturated carbocycles. The van der Waals surface area contributed by atoms with Crippen molar-refractivity contribution >= 4 is 17.5 Å². The van der Waals surface area contributed by atoms with Crippen molar-refractivity contribution in [1.82, 2.24) is 9.97 Å². The maximum Gasteiger partial charge on any atom is 0.332 e. The summed E-state index contributed by atoms with van der Waals surface area (Å²) in [4.78, 5) is 18.9. The summed E-state index contributed by atoms with van der Waals surface area (Å²) in [6.45, 7) is 4.63. The maximum absolute atomic E-state index is 11.2. The first-order valence-electron chi connectivity index (χ1n) is 6.65. The summed E-state index contributed by atoms with van der Waals surface area (Å²) in [6.07, 6.45) is 2.21. The number of furan rings is 1. The molecule has 0 aromatic carbocycles. The Morgan fingerprint density at radius 2 is 2.19 bits per heavy atom. The van der Waals surface area contributed by atoms with E-state index in [2.05, 4.69) is 20.6 Å². The summed E-state index contributed by atoms with van der Waals surface area (Å²) in [7, 11) is 0. The zero-order valence-corrected chi connectivity index (χ0v) is 11.9. The molecule has 0 fully saturated rings. The normalized spacial score (nSPS) is 10.4. The van der Waals surface area contributed by atoms with E-state index < -0.39 is 4.92 Å². The molecule has 0 saturated heterocycles. The second-order valence-corrected chi connectivity index (χ2v) is 4.37. The smallest absolute Gasteiger partial charge is 0.332 e. The molecule has 0 atom stereocenters. The third-order valence-electron chi connectivity index (χ3n) is 2.82. The van der Waals surface area contributed by atoms with Crippen LogP contribution in [-0.2, 0) is 6.42 Å². The van der Waals surface area contributed by atoms with Crippen LogP contribution in [-0.4, -0.2) is 28.0 Å². The van der Waals surface area contributed by atoms with E-state index in [0.29, 0.717) is 31.2 Å². The number of hydrogen-bond acceptors (Lipinski definition) is 7. The minimum atomic E-state index is -0.472. The van der Waals surface area contributed by atoms with Crippen LogP contribution in [0.3, 0.4) is 0 Å². The Hall–Kier alpha value is -2.64. The van der Waals surface area contributed by atoms with Crippen LogP contribution in [0, 0.1) is 17.0 Å². The molecule has 8 heteroatoms. The largest absolute Gasteiger partial charge is 0.469 e. The minimum absolute atomic E-state index is 0.101. The highest BCUT2D eigenvalue weighted by Crippen LogP contribution is 2.26. The fraction of sp³-hybridized carbons (Fsp3) is 0.385. The number of anilines is 2. The molecule has 0 aliphatic heterocycles. The summed E-state index contributed by atoms with van der Waals surface area (Å²) < 4.78 is 5.22. The summed E-state index contributed by atoms with van der Waals surface area (Å²) in [5.74, 6) is 1.40. The van der Waals surface area contributed by atoms with E-state index in [-0.39, 0.29) is 11.5 Å². The molecule has 0 spiro atoms. The van der Waals surface area contributed by atoms with Crippen LogP contribution >= 0.6 is 0 Å². The van der Waals surface area contributed by atoms with E-state index >= 15 is 0 Å². The van der Waals surface area contributed by atoms with Gasteiger partial charge in [-0.2, -0.15) is 4.98 Å². The van der Waals surface area contributed by atoms with Gasteiger partial charge in [-0.25, -0.2) is 4.98 Å². The standard InChI is InChI=1S/C13H17N5O3/c1-3-14-13-16-9(2)11(18(19)20)12(17-13)15-7-6-10-5-4-8-21-10/h4-5,8H,3,6-7H2,1-2H3,(H2,14,15,16,17). The van der Waals surface area contributed by atoms with Crippen molar-refractivity contribution < 1.29 is 9.34 Å². The topological polar surface area (TPSA) is 106 Å². The van der Waals surface area contributed by atoms with Crippen molar-refractivity contribution in [3.05, 3.63) is 40.0 Å². The van der Waals surface area contributed by atoms with Crippen LogP contribution in [0.25, 0.3) is 0 Å². The van der Waals surface area contributed by atoms with Crippen molar-refractivity contribution in [2.75, 3.05) is 23.7 Å². The summed E-state index contributed by atoms with van der Waals surface area (Å²) in [6, 6.07) is 3.65. The van der Waals surface area contributed by atoms with E-state index in [1.54, 1.807) is 19.3 Å². The number of aryl methyl sites for hydroxylation is 1. The van der Waals surface area contributed by atoms with Gasteiger partial charge in [0.05, 0.1) is 11.2 Å². The quantitative estimate of drug-likeness (QED) is 0.595. The molecule has 21 heavy (non-hydrogen) atoms. The van der Waals surface area contributed by atoms with E-state index in [4.69, 9.17) is 4.42 Å². The minimum Gasteiger partial charge on any atom is -0.469 e. The fourth-order valence-corrected chi connectivity index (χ4v) is 1.90. The zero-order chi connectivity index (χ0) is 15.2. The lowest BCUT2D eigenvalue weighted by atomic mass is 10.3. The molecular weight excluding hydrogens is 274 g/mol. The zero-order valence-electron chi connectivity index (χ0n) is 11.9. The monoisotopic (exact) mass is 291 g/mol. The van der Waals surface area contributed by atoms with Gasteiger partial charge in [0.25, 0.3) is 0 Å². The Morgan fingerprint density at radius 3 is 2.81 bits per heavy atom. The first-order valence-corrected chi connectivity index (χ1v) is 6.65. The number of nitrogens with zero attached hydrogens (tertiary/aromatic N) is 3.